The SMILES string of the molecule is COCCN1CC(O)CN(C(=O)OCc2ccccc2)CC1=O. The molecule has 0 spiro atoms. The highest BCUT2D eigenvalue weighted by molar-refractivity contribution is 5.82. The summed E-state index contributed by atoms with van der Waals surface area (Å²) in [5.41, 5.74) is 0.865. The van der Waals surface area contributed by atoms with Crippen LogP contribution in [0.3, 0.4) is 0 Å². The first-order chi connectivity index (χ1) is 11.1. The van der Waals surface area contributed by atoms with E-state index in [1.165, 1.54) is 9.80 Å². The maximum atomic E-state index is 12.2. The lowest BCUT2D eigenvalue weighted by Crippen LogP contribution is -2.40. The lowest BCUT2D eigenvalue weighted by molar-refractivity contribution is -0.132. The van der Waals surface area contributed by atoms with Crippen LogP contribution in [0.15, 0.2) is 30.3 Å². The van der Waals surface area contributed by atoms with E-state index in [-0.39, 0.29) is 32.1 Å². The topological polar surface area (TPSA) is 79.3 Å². The molecule has 1 unspecified atom stereocenters. The summed E-state index contributed by atoms with van der Waals surface area (Å²) in [4.78, 5) is 27.0. The Morgan fingerprint density at radius 2 is 2.04 bits per heavy atom. The Morgan fingerprint density at radius 1 is 1.30 bits per heavy atom. The second kappa shape index (κ2) is 8.50. The predicted molar refractivity (Wildman–Crippen MR) is 82.7 cm³/mol. The van der Waals surface area contributed by atoms with Crippen LogP contribution in [-0.4, -0.2) is 72.9 Å². The van der Waals surface area contributed by atoms with Crippen LogP contribution in [-0.2, 0) is 20.9 Å². The molecule has 0 aromatic heterocycles. The van der Waals surface area contributed by atoms with Gasteiger partial charge in [-0.05, 0) is 5.56 Å². The molecule has 7 heteroatoms. The zero-order valence-corrected chi connectivity index (χ0v) is 13.2. The highest BCUT2D eigenvalue weighted by Gasteiger charge is 2.29. The highest BCUT2D eigenvalue weighted by Crippen LogP contribution is 2.09. The molecule has 1 saturated heterocycles. The molecule has 0 aliphatic carbocycles. The van der Waals surface area contributed by atoms with Crippen molar-refractivity contribution in [1.29, 1.82) is 0 Å². The minimum absolute atomic E-state index is 0.0723. The van der Waals surface area contributed by atoms with Crippen molar-refractivity contribution in [3.8, 4) is 0 Å². The van der Waals surface area contributed by atoms with Crippen molar-refractivity contribution in [2.24, 2.45) is 0 Å². The molecule has 1 aromatic carbocycles. The zero-order chi connectivity index (χ0) is 16.7. The molecule has 1 atom stereocenters. The van der Waals surface area contributed by atoms with Crippen LogP contribution < -0.4 is 0 Å². The van der Waals surface area contributed by atoms with E-state index in [2.05, 4.69) is 0 Å². The Bertz CT molecular complexity index is 522. The highest BCUT2D eigenvalue weighted by atomic mass is 16.6. The van der Waals surface area contributed by atoms with Gasteiger partial charge in [-0.15, -0.1) is 0 Å². The third kappa shape index (κ3) is 5.22. The summed E-state index contributed by atoms with van der Waals surface area (Å²) >= 11 is 0. The van der Waals surface area contributed by atoms with Crippen LogP contribution in [0, 0.1) is 0 Å². The molecule has 126 valence electrons. The number of ether oxygens (including phenoxy) is 2. The standard InChI is InChI=1S/C16H22N2O5/c1-22-8-7-17-9-14(19)10-18(11-15(17)20)16(21)23-12-13-5-3-2-4-6-13/h2-6,14,19H,7-12H2,1H3. The molecule has 1 fully saturated rings. The van der Waals surface area contributed by atoms with Crippen molar-refractivity contribution in [3.05, 3.63) is 35.9 Å². The van der Waals surface area contributed by atoms with E-state index >= 15 is 0 Å². The van der Waals surface area contributed by atoms with Gasteiger partial charge in [-0.3, -0.25) is 9.69 Å². The smallest absolute Gasteiger partial charge is 0.410 e. The van der Waals surface area contributed by atoms with Gasteiger partial charge in [-0.25, -0.2) is 4.79 Å². The van der Waals surface area contributed by atoms with Gasteiger partial charge < -0.3 is 19.5 Å². The van der Waals surface area contributed by atoms with Gasteiger partial charge in [-0.2, -0.15) is 0 Å². The number of nitrogens with zero attached hydrogens (tertiary/aromatic N) is 2. The summed E-state index contributed by atoms with van der Waals surface area (Å²) in [6.45, 7) is 1.06. The molecule has 23 heavy (non-hydrogen) atoms. The number of rotatable bonds is 5. The van der Waals surface area contributed by atoms with E-state index in [4.69, 9.17) is 9.47 Å². The summed E-state index contributed by atoms with van der Waals surface area (Å²) in [6, 6.07) is 9.29. The monoisotopic (exact) mass is 322 g/mol. The second-order valence-electron chi connectivity index (χ2n) is 5.41. The van der Waals surface area contributed by atoms with Crippen LogP contribution in [0.2, 0.25) is 0 Å². The number of aliphatic hydroxyl groups excluding tert-OH is 1. The lowest BCUT2D eigenvalue weighted by atomic mass is 10.2. The van der Waals surface area contributed by atoms with Gasteiger partial charge >= 0.3 is 6.09 Å². The molecule has 7 nitrogen and oxygen atoms in total. The molecular formula is C16H22N2O5. The van der Waals surface area contributed by atoms with Crippen molar-refractivity contribution in [1.82, 2.24) is 9.80 Å². The first-order valence-corrected chi connectivity index (χ1v) is 7.50. The van der Waals surface area contributed by atoms with E-state index in [0.717, 1.165) is 5.56 Å². The van der Waals surface area contributed by atoms with Crippen LogP contribution >= 0.6 is 0 Å². The molecule has 2 amide bonds. The average molecular weight is 322 g/mol. The van der Waals surface area contributed by atoms with Crippen molar-refractivity contribution in [2.75, 3.05) is 39.9 Å². The number of carbonyl (C=O) groups excluding carboxylic acids is 2. The number of amides is 2. The maximum absolute atomic E-state index is 12.2. The predicted octanol–water partition coefficient (Wildman–Crippen LogP) is 0.475. The van der Waals surface area contributed by atoms with Gasteiger partial charge in [0, 0.05) is 20.2 Å². The summed E-state index contributed by atoms with van der Waals surface area (Å²) in [7, 11) is 1.55. The fraction of sp³-hybridized carbons (Fsp3) is 0.500. The van der Waals surface area contributed by atoms with Crippen LogP contribution in [0.5, 0.6) is 0 Å². The van der Waals surface area contributed by atoms with E-state index in [1.54, 1.807) is 7.11 Å². The average Bonchev–Trinajstić information content (AvgIpc) is 2.70. The number of hydrogen-bond donors (Lipinski definition) is 1. The Morgan fingerprint density at radius 3 is 2.74 bits per heavy atom. The molecule has 0 saturated carbocycles. The Labute approximate surface area is 135 Å². The molecule has 1 aliphatic heterocycles. The Kier molecular flexibility index (Phi) is 6.37. The van der Waals surface area contributed by atoms with E-state index < -0.39 is 12.2 Å². The molecular weight excluding hydrogens is 300 g/mol. The van der Waals surface area contributed by atoms with Gasteiger partial charge in [0.25, 0.3) is 0 Å². The summed E-state index contributed by atoms with van der Waals surface area (Å²) < 4.78 is 10.2. The molecule has 1 heterocycles. The first-order valence-electron chi connectivity index (χ1n) is 7.50. The second-order valence-corrected chi connectivity index (χ2v) is 5.41. The number of β-amino-alcohol motifs (C(OH)–C–C–N with tert-alkyl or cyclic N) is 1. The number of hydrogen-bond acceptors (Lipinski definition) is 5. The number of carbonyl (C=O) groups is 2. The fourth-order valence-corrected chi connectivity index (χ4v) is 2.36. The zero-order valence-electron chi connectivity index (χ0n) is 13.2. The maximum Gasteiger partial charge on any atom is 0.410 e. The van der Waals surface area contributed by atoms with E-state index in [9.17, 15) is 14.7 Å². The van der Waals surface area contributed by atoms with Gasteiger partial charge in [0.2, 0.25) is 5.91 Å². The molecule has 0 bridgehead atoms. The minimum Gasteiger partial charge on any atom is -0.445 e. The quantitative estimate of drug-likeness (QED) is 0.853. The number of methoxy groups -OCH3 is 1. The molecule has 0 radical (unpaired) electrons. The summed E-state index contributed by atoms with van der Waals surface area (Å²) in [6.07, 6.45) is -1.41. The van der Waals surface area contributed by atoms with Crippen LogP contribution in [0.25, 0.3) is 0 Å². The van der Waals surface area contributed by atoms with E-state index in [1.807, 2.05) is 30.3 Å². The number of aliphatic hydroxyl groups is 1. The Balaban J connectivity index is 1.91. The molecule has 2 rings (SSSR count). The normalized spacial score (nSPS) is 18.7. The lowest BCUT2D eigenvalue weighted by Gasteiger charge is -2.21. The van der Waals surface area contributed by atoms with Gasteiger partial charge in [-0.1, -0.05) is 30.3 Å². The third-order valence-electron chi connectivity index (χ3n) is 3.57. The van der Waals surface area contributed by atoms with Crippen LogP contribution in [0.1, 0.15) is 5.56 Å². The largest absolute Gasteiger partial charge is 0.445 e. The van der Waals surface area contributed by atoms with E-state index in [0.29, 0.717) is 13.2 Å². The van der Waals surface area contributed by atoms with Crippen molar-refractivity contribution >= 4 is 12.0 Å². The molecule has 1 aromatic rings. The van der Waals surface area contributed by atoms with Gasteiger partial charge in [0.1, 0.15) is 13.2 Å². The summed E-state index contributed by atoms with van der Waals surface area (Å²) in [5.74, 6) is -0.227. The van der Waals surface area contributed by atoms with Crippen molar-refractivity contribution in [3.63, 3.8) is 0 Å². The minimum atomic E-state index is -0.803. The number of benzene rings is 1. The van der Waals surface area contributed by atoms with Crippen molar-refractivity contribution in [2.45, 2.75) is 12.7 Å². The van der Waals surface area contributed by atoms with Gasteiger partial charge in [0.15, 0.2) is 0 Å². The van der Waals surface area contributed by atoms with Gasteiger partial charge in [0.05, 0.1) is 19.3 Å². The third-order valence-corrected chi connectivity index (χ3v) is 3.57. The first kappa shape index (κ1) is 17.2. The summed E-state index contributed by atoms with van der Waals surface area (Å²) in [5, 5.41) is 10.00. The fourth-order valence-electron chi connectivity index (χ4n) is 2.36. The molecule has 1 N–H and O–H groups in total. The van der Waals surface area contributed by atoms with Crippen molar-refractivity contribution < 1.29 is 24.2 Å². The Hall–Kier alpha value is -2.12. The van der Waals surface area contributed by atoms with Crippen LogP contribution in [0.4, 0.5) is 4.79 Å². The molecule has 1 aliphatic rings.